The Morgan fingerprint density at radius 1 is 0.279 bits per heavy atom. The number of fused-ring (bicyclic) bond motifs is 9. The molecule has 13 rings (SSSR count). The van der Waals surface area contributed by atoms with Gasteiger partial charge in [0.05, 0.1) is 28.2 Å². The molecule has 0 saturated heterocycles. The summed E-state index contributed by atoms with van der Waals surface area (Å²) in [5.74, 6) is 1.90. The number of nitrogens with zero attached hydrogens (tertiary/aromatic N) is 6. The minimum absolute atomic E-state index is 0.595. The summed E-state index contributed by atoms with van der Waals surface area (Å²) in [7, 11) is 0. The van der Waals surface area contributed by atoms with Crippen molar-refractivity contribution in [1.29, 1.82) is 0 Å². The maximum absolute atomic E-state index is 5.16. The molecule has 2 aliphatic rings. The van der Waals surface area contributed by atoms with Crippen LogP contribution in [0.25, 0.3) is 90.3 Å². The molecule has 4 aromatic heterocycles. The van der Waals surface area contributed by atoms with Crippen LogP contribution in [-0.2, 0) is 5.41 Å². The van der Waals surface area contributed by atoms with E-state index in [1.54, 1.807) is 0 Å². The van der Waals surface area contributed by atoms with E-state index in [4.69, 9.17) is 29.9 Å². The van der Waals surface area contributed by atoms with Crippen LogP contribution < -0.4 is 0 Å². The number of rotatable bonds is 7. The first kappa shape index (κ1) is 39.7. The molecule has 0 N–H and O–H groups in total. The van der Waals surface area contributed by atoms with Gasteiger partial charge in [0.1, 0.15) is 0 Å². The molecule has 68 heavy (non-hydrogen) atoms. The summed E-state index contributed by atoms with van der Waals surface area (Å²) >= 11 is 1.85. The van der Waals surface area contributed by atoms with Crippen molar-refractivity contribution in [3.8, 4) is 90.3 Å². The molecule has 1 spiro atoms. The third-order valence-corrected chi connectivity index (χ3v) is 14.4. The first-order chi connectivity index (χ1) is 33.7. The standard InChI is InChI=1S/C61H38N6S/c1-3-17-40(18-4-1)58-65-59(41-19-5-2-6-20-41)67-60(66-58)42-33-31-39(32-34-42)44-23-15-27-50-56(44)68-57-45(43-37-54(52-29-11-13-35-62-52)64-55(38-43)53-30-12-14-36-63-53)24-16-28-51(57)61(50)48-25-9-7-21-46(48)47-22-8-10-26-49(47)61/h1-38H. The molecule has 6 nitrogen and oxygen atoms in total. The zero-order valence-electron chi connectivity index (χ0n) is 36.5. The van der Waals surface area contributed by atoms with Gasteiger partial charge in [-0.2, -0.15) is 0 Å². The summed E-state index contributed by atoms with van der Waals surface area (Å²) in [6.07, 6.45) is 3.64. The maximum atomic E-state index is 5.16. The van der Waals surface area contributed by atoms with Gasteiger partial charge in [0.2, 0.25) is 0 Å². The molecule has 0 amide bonds. The molecule has 1 aliphatic carbocycles. The first-order valence-corrected chi connectivity index (χ1v) is 23.5. The lowest BCUT2D eigenvalue weighted by Crippen LogP contribution is -2.32. The van der Waals surface area contributed by atoms with Gasteiger partial charge in [-0.3, -0.25) is 9.97 Å². The highest BCUT2D eigenvalue weighted by molar-refractivity contribution is 7.99. The predicted octanol–water partition coefficient (Wildman–Crippen LogP) is 14.6. The average Bonchev–Trinajstić information content (AvgIpc) is 3.72. The zero-order chi connectivity index (χ0) is 45.0. The monoisotopic (exact) mass is 886 g/mol. The molecule has 7 heteroatoms. The molecule has 0 radical (unpaired) electrons. The van der Waals surface area contributed by atoms with Crippen molar-refractivity contribution in [2.24, 2.45) is 0 Å². The number of aromatic nitrogens is 6. The van der Waals surface area contributed by atoms with E-state index >= 15 is 0 Å². The number of hydrogen-bond acceptors (Lipinski definition) is 7. The smallest absolute Gasteiger partial charge is 0.164 e. The third-order valence-electron chi connectivity index (χ3n) is 13.1. The van der Waals surface area contributed by atoms with E-state index in [9.17, 15) is 0 Å². The molecule has 11 aromatic rings. The van der Waals surface area contributed by atoms with Crippen LogP contribution in [0.2, 0.25) is 0 Å². The van der Waals surface area contributed by atoms with Crippen LogP contribution in [0, 0.1) is 0 Å². The molecule has 0 saturated carbocycles. The van der Waals surface area contributed by atoms with Crippen LogP contribution in [0.4, 0.5) is 0 Å². The summed E-state index contributed by atoms with van der Waals surface area (Å²) in [5, 5.41) is 0. The second-order valence-electron chi connectivity index (χ2n) is 17.0. The van der Waals surface area contributed by atoms with Gasteiger partial charge >= 0.3 is 0 Å². The highest BCUT2D eigenvalue weighted by Gasteiger charge is 2.51. The van der Waals surface area contributed by atoms with E-state index in [1.165, 1.54) is 43.2 Å². The summed E-state index contributed by atoms with van der Waals surface area (Å²) in [6.45, 7) is 0. The average molecular weight is 887 g/mol. The molecular weight excluding hydrogens is 849 g/mol. The lowest BCUT2D eigenvalue weighted by Gasteiger charge is -2.41. The Morgan fingerprint density at radius 2 is 0.676 bits per heavy atom. The minimum Gasteiger partial charge on any atom is -0.255 e. The van der Waals surface area contributed by atoms with Crippen LogP contribution >= 0.6 is 11.8 Å². The lowest BCUT2D eigenvalue weighted by molar-refractivity contribution is 0.724. The van der Waals surface area contributed by atoms with E-state index in [2.05, 4.69) is 121 Å². The SMILES string of the molecule is c1ccc(-c2nc(-c3ccccc3)nc(-c3ccc(-c4cccc5c4Sc4c(-c6cc(-c7ccccn7)nc(-c7ccccn7)c6)cccc4C54c5ccccc5-c5ccccc54)cc3)n2)cc1. The van der Waals surface area contributed by atoms with Gasteiger partial charge in [-0.1, -0.05) is 194 Å². The van der Waals surface area contributed by atoms with Gasteiger partial charge in [0.25, 0.3) is 0 Å². The van der Waals surface area contributed by atoms with Crippen molar-refractivity contribution in [3.63, 3.8) is 0 Å². The van der Waals surface area contributed by atoms with Crippen molar-refractivity contribution < 1.29 is 0 Å². The van der Waals surface area contributed by atoms with Crippen LogP contribution in [0.1, 0.15) is 22.3 Å². The minimum atomic E-state index is -0.595. The van der Waals surface area contributed by atoms with Gasteiger partial charge in [0, 0.05) is 38.9 Å². The van der Waals surface area contributed by atoms with Gasteiger partial charge in [-0.25, -0.2) is 19.9 Å². The van der Waals surface area contributed by atoms with Crippen LogP contribution in [0.15, 0.2) is 241 Å². The van der Waals surface area contributed by atoms with Gasteiger partial charge in [0.15, 0.2) is 17.5 Å². The Bertz CT molecular complexity index is 3530. The Hall–Kier alpha value is -8.65. The predicted molar refractivity (Wildman–Crippen MR) is 273 cm³/mol. The fraction of sp³-hybridized carbons (Fsp3) is 0.0164. The van der Waals surface area contributed by atoms with Crippen molar-refractivity contribution in [2.45, 2.75) is 15.2 Å². The number of benzene rings is 7. The molecule has 7 aromatic carbocycles. The van der Waals surface area contributed by atoms with Crippen molar-refractivity contribution >= 4 is 11.8 Å². The fourth-order valence-electron chi connectivity index (χ4n) is 10.1. The van der Waals surface area contributed by atoms with Crippen LogP contribution in [0.3, 0.4) is 0 Å². The van der Waals surface area contributed by atoms with Gasteiger partial charge in [-0.15, -0.1) is 0 Å². The lowest BCUT2D eigenvalue weighted by atomic mass is 9.66. The molecule has 0 bridgehead atoms. The first-order valence-electron chi connectivity index (χ1n) is 22.7. The zero-order valence-corrected chi connectivity index (χ0v) is 37.3. The van der Waals surface area contributed by atoms with Crippen molar-refractivity contribution in [3.05, 3.63) is 253 Å². The summed E-state index contributed by atoms with van der Waals surface area (Å²) < 4.78 is 0. The Balaban J connectivity index is 1.01. The Kier molecular flexibility index (Phi) is 9.54. The van der Waals surface area contributed by atoms with Crippen molar-refractivity contribution in [1.82, 2.24) is 29.9 Å². The third kappa shape index (κ3) is 6.50. The highest BCUT2D eigenvalue weighted by atomic mass is 32.2. The number of pyridine rings is 3. The Morgan fingerprint density at radius 3 is 1.16 bits per heavy atom. The normalized spacial score (nSPS) is 12.8. The molecule has 318 valence electrons. The Labute approximate surface area is 398 Å². The van der Waals surface area contributed by atoms with Crippen LogP contribution in [-0.4, -0.2) is 29.9 Å². The molecule has 0 fully saturated rings. The summed E-state index contributed by atoms with van der Waals surface area (Å²) in [6, 6.07) is 76.8. The molecule has 0 unspecified atom stereocenters. The van der Waals surface area contributed by atoms with E-state index < -0.39 is 5.41 Å². The second kappa shape index (κ2) is 16.3. The topological polar surface area (TPSA) is 77.3 Å². The molecule has 5 heterocycles. The van der Waals surface area contributed by atoms with E-state index in [0.29, 0.717) is 17.5 Å². The molecule has 1 aliphatic heterocycles. The second-order valence-corrected chi connectivity index (χ2v) is 18.0. The van der Waals surface area contributed by atoms with E-state index in [-0.39, 0.29) is 0 Å². The van der Waals surface area contributed by atoms with Gasteiger partial charge < -0.3 is 0 Å². The van der Waals surface area contributed by atoms with E-state index in [0.717, 1.165) is 61.7 Å². The van der Waals surface area contributed by atoms with Crippen molar-refractivity contribution in [2.75, 3.05) is 0 Å². The number of hydrogen-bond donors (Lipinski definition) is 0. The fourth-order valence-corrected chi connectivity index (χ4v) is 11.6. The summed E-state index contributed by atoms with van der Waals surface area (Å²) in [5.41, 5.74) is 17.4. The molecule has 0 atom stereocenters. The van der Waals surface area contributed by atoms with E-state index in [1.807, 2.05) is 121 Å². The maximum Gasteiger partial charge on any atom is 0.164 e. The van der Waals surface area contributed by atoms with Gasteiger partial charge in [-0.05, 0) is 92.0 Å². The quantitative estimate of drug-likeness (QED) is 0.158. The molecular formula is C61H38N6S. The highest BCUT2D eigenvalue weighted by Crippen LogP contribution is 2.64. The largest absolute Gasteiger partial charge is 0.255 e. The summed E-state index contributed by atoms with van der Waals surface area (Å²) in [4.78, 5) is 32.1. The van der Waals surface area contributed by atoms with Crippen LogP contribution in [0.5, 0.6) is 0 Å².